The Morgan fingerprint density at radius 3 is 2.43 bits per heavy atom. The van der Waals surface area contributed by atoms with Crippen molar-refractivity contribution in [3.05, 3.63) is 0 Å². The lowest BCUT2D eigenvalue weighted by Crippen LogP contribution is -2.34. The van der Waals surface area contributed by atoms with E-state index in [4.69, 9.17) is 0 Å². The number of rotatable bonds is 3. The largest absolute Gasteiger partial charge is 0.241 e. The molecular weight excluding hydrogens is 250 g/mol. The van der Waals surface area contributed by atoms with Crippen LogP contribution in [-0.2, 0) is 0 Å². The minimum Gasteiger partial charge on any atom is -0.210 e. The van der Waals surface area contributed by atoms with Gasteiger partial charge in [0, 0.05) is 10.7 Å². The predicted octanol–water partition coefficient (Wildman–Crippen LogP) is 4.48. The molecule has 1 rings (SSSR count). The normalized spacial score (nSPS) is 36.0. The topological polar surface area (TPSA) is 0 Å². The van der Waals surface area contributed by atoms with Gasteiger partial charge in [-0.3, -0.25) is 0 Å². The minimum atomic E-state index is -2.14. The zero-order valence-corrected chi connectivity index (χ0v) is 10.4. The van der Waals surface area contributed by atoms with Crippen molar-refractivity contribution in [1.29, 1.82) is 0 Å². The fourth-order valence-electron chi connectivity index (χ4n) is 2.48. The summed E-state index contributed by atoms with van der Waals surface area (Å²) in [5.74, 6) is 0.404. The number of hydrogen-bond donors (Lipinski definition) is 0. The van der Waals surface area contributed by atoms with Gasteiger partial charge in [-0.15, -0.1) is 0 Å². The van der Waals surface area contributed by atoms with E-state index in [0.29, 0.717) is 12.3 Å². The molecule has 0 radical (unpaired) electrons. The third kappa shape index (κ3) is 2.91. The average molecular weight is 269 g/mol. The molecule has 1 aliphatic carbocycles. The highest BCUT2D eigenvalue weighted by Crippen LogP contribution is 2.41. The monoisotopic (exact) mass is 268 g/mol. The van der Waals surface area contributed by atoms with Crippen molar-refractivity contribution in [3.8, 4) is 0 Å². The van der Waals surface area contributed by atoms with E-state index in [-0.39, 0.29) is 16.7 Å². The maximum atomic E-state index is 12.8. The second kappa shape index (κ2) is 5.43. The Hall–Kier alpha value is 0.340. The Morgan fingerprint density at radius 2 is 1.93 bits per heavy atom. The molecule has 0 nitrogen and oxygen atoms in total. The zero-order valence-electron chi connectivity index (χ0n) is 8.85. The molecule has 0 aromatic carbocycles. The van der Waals surface area contributed by atoms with Gasteiger partial charge in [-0.2, -0.15) is 0 Å². The quantitative estimate of drug-likeness (QED) is 0.663. The molecule has 0 spiro atoms. The molecule has 0 N–H and O–H groups in total. The molecule has 0 bridgehead atoms. The van der Waals surface area contributed by atoms with Gasteiger partial charge in [0.15, 0.2) is 0 Å². The van der Waals surface area contributed by atoms with E-state index in [0.717, 1.165) is 19.3 Å². The number of alkyl halides is 3. The van der Waals surface area contributed by atoms with Gasteiger partial charge in [-0.25, -0.2) is 8.78 Å². The van der Waals surface area contributed by atoms with E-state index in [1.807, 2.05) is 0 Å². The number of halogens is 3. The van der Waals surface area contributed by atoms with E-state index in [1.54, 1.807) is 0 Å². The van der Waals surface area contributed by atoms with Crippen molar-refractivity contribution in [2.75, 3.05) is 0 Å². The molecule has 1 fully saturated rings. The molecule has 14 heavy (non-hydrogen) atoms. The second-order valence-electron chi connectivity index (χ2n) is 4.50. The van der Waals surface area contributed by atoms with Crippen LogP contribution >= 0.6 is 15.9 Å². The predicted molar refractivity (Wildman–Crippen MR) is 59.0 cm³/mol. The molecule has 0 heterocycles. The first-order chi connectivity index (χ1) is 6.56. The first kappa shape index (κ1) is 12.4. The van der Waals surface area contributed by atoms with Gasteiger partial charge in [0.25, 0.3) is 0 Å². The van der Waals surface area contributed by atoms with E-state index < -0.39 is 6.43 Å². The molecule has 1 aliphatic rings. The standard InChI is InChI=1S/C11H19BrF2/c1-3-10(12)9-6-7(2)4-5-8(9)11(13)14/h7-11H,3-6H2,1-2H3. The third-order valence-electron chi connectivity index (χ3n) is 3.40. The van der Waals surface area contributed by atoms with Crippen LogP contribution < -0.4 is 0 Å². The smallest absolute Gasteiger partial charge is 0.210 e. The highest BCUT2D eigenvalue weighted by molar-refractivity contribution is 9.09. The van der Waals surface area contributed by atoms with Crippen molar-refractivity contribution in [1.82, 2.24) is 0 Å². The van der Waals surface area contributed by atoms with E-state index in [2.05, 4.69) is 29.8 Å². The lowest BCUT2D eigenvalue weighted by Gasteiger charge is -2.37. The first-order valence-electron chi connectivity index (χ1n) is 5.48. The Kier molecular flexibility index (Phi) is 4.81. The molecule has 1 saturated carbocycles. The van der Waals surface area contributed by atoms with Crippen LogP contribution in [0.25, 0.3) is 0 Å². The fraction of sp³-hybridized carbons (Fsp3) is 1.00. The molecule has 4 atom stereocenters. The minimum absolute atomic E-state index is 0.170. The Morgan fingerprint density at radius 1 is 1.29 bits per heavy atom. The molecule has 84 valence electrons. The fourth-order valence-corrected chi connectivity index (χ4v) is 3.09. The van der Waals surface area contributed by atoms with Crippen molar-refractivity contribution < 1.29 is 8.78 Å². The summed E-state index contributed by atoms with van der Waals surface area (Å²) in [6, 6.07) is 0. The summed E-state index contributed by atoms with van der Waals surface area (Å²) in [5, 5.41) is 0. The average Bonchev–Trinajstić information content (AvgIpc) is 2.16. The lowest BCUT2D eigenvalue weighted by atomic mass is 9.73. The maximum Gasteiger partial charge on any atom is 0.241 e. The van der Waals surface area contributed by atoms with Gasteiger partial charge in [0.05, 0.1) is 0 Å². The second-order valence-corrected chi connectivity index (χ2v) is 5.68. The van der Waals surface area contributed by atoms with Crippen LogP contribution in [0.3, 0.4) is 0 Å². The van der Waals surface area contributed by atoms with Gasteiger partial charge in [-0.1, -0.05) is 36.2 Å². The van der Waals surface area contributed by atoms with Gasteiger partial charge in [0.2, 0.25) is 6.43 Å². The molecule has 0 saturated heterocycles. The summed E-state index contributed by atoms with van der Waals surface area (Å²) in [4.78, 5) is 0.268. The molecule has 0 aromatic heterocycles. The molecular formula is C11H19BrF2. The SMILES string of the molecule is CCC(Br)C1CC(C)CCC1C(F)F. The Labute approximate surface area is 93.6 Å². The van der Waals surface area contributed by atoms with Crippen LogP contribution in [0.15, 0.2) is 0 Å². The van der Waals surface area contributed by atoms with Crippen LogP contribution in [0.2, 0.25) is 0 Å². The van der Waals surface area contributed by atoms with Gasteiger partial charge < -0.3 is 0 Å². The summed E-state index contributed by atoms with van der Waals surface area (Å²) in [7, 11) is 0. The van der Waals surface area contributed by atoms with Gasteiger partial charge in [0.1, 0.15) is 0 Å². The van der Waals surface area contributed by atoms with Crippen LogP contribution in [0.1, 0.15) is 39.5 Å². The molecule has 0 aromatic rings. The highest BCUT2D eigenvalue weighted by atomic mass is 79.9. The van der Waals surface area contributed by atoms with Crippen LogP contribution in [0.5, 0.6) is 0 Å². The molecule has 3 heteroatoms. The summed E-state index contributed by atoms with van der Waals surface area (Å²) in [5.41, 5.74) is 0. The molecule has 0 amide bonds. The first-order valence-corrected chi connectivity index (χ1v) is 6.40. The van der Waals surface area contributed by atoms with Crippen LogP contribution in [0, 0.1) is 17.8 Å². The molecule has 0 aliphatic heterocycles. The Bertz CT molecular complexity index is 173. The van der Waals surface area contributed by atoms with Crippen molar-refractivity contribution in [3.63, 3.8) is 0 Å². The van der Waals surface area contributed by atoms with E-state index in [9.17, 15) is 8.78 Å². The van der Waals surface area contributed by atoms with Crippen molar-refractivity contribution >= 4 is 15.9 Å². The van der Waals surface area contributed by atoms with E-state index in [1.165, 1.54) is 0 Å². The summed E-state index contributed by atoms with van der Waals surface area (Å²) < 4.78 is 25.5. The van der Waals surface area contributed by atoms with Crippen molar-refractivity contribution in [2.45, 2.75) is 50.8 Å². The summed E-state index contributed by atoms with van der Waals surface area (Å²) in [6.07, 6.45) is 1.43. The summed E-state index contributed by atoms with van der Waals surface area (Å²) in [6.45, 7) is 4.23. The summed E-state index contributed by atoms with van der Waals surface area (Å²) >= 11 is 3.54. The van der Waals surface area contributed by atoms with Crippen LogP contribution in [0.4, 0.5) is 8.78 Å². The van der Waals surface area contributed by atoms with E-state index >= 15 is 0 Å². The number of hydrogen-bond acceptors (Lipinski definition) is 0. The lowest BCUT2D eigenvalue weighted by molar-refractivity contribution is 0.0104. The molecule has 4 unspecified atom stereocenters. The third-order valence-corrected chi connectivity index (χ3v) is 4.72. The zero-order chi connectivity index (χ0) is 10.7. The van der Waals surface area contributed by atoms with Crippen molar-refractivity contribution in [2.24, 2.45) is 17.8 Å². The highest BCUT2D eigenvalue weighted by Gasteiger charge is 2.37. The Balaban J connectivity index is 2.63. The van der Waals surface area contributed by atoms with Gasteiger partial charge in [-0.05, 0) is 31.1 Å². The van der Waals surface area contributed by atoms with Crippen LogP contribution in [-0.4, -0.2) is 11.3 Å². The maximum absolute atomic E-state index is 12.8. The van der Waals surface area contributed by atoms with Gasteiger partial charge >= 0.3 is 0 Å².